The lowest BCUT2D eigenvalue weighted by molar-refractivity contribution is 0.0685. The lowest BCUT2D eigenvalue weighted by Crippen LogP contribution is -2.35. The summed E-state index contributed by atoms with van der Waals surface area (Å²) in [5.74, 6) is -0.297. The molecule has 0 spiro atoms. The van der Waals surface area contributed by atoms with E-state index in [0.717, 1.165) is 0 Å². The first-order valence-electron chi connectivity index (χ1n) is 5.76. The summed E-state index contributed by atoms with van der Waals surface area (Å²) < 4.78 is 0. The predicted octanol–water partition coefficient (Wildman–Crippen LogP) is -0.396. The zero-order valence-corrected chi connectivity index (χ0v) is 10.4. The van der Waals surface area contributed by atoms with E-state index in [0.29, 0.717) is 11.3 Å². The Morgan fingerprint density at radius 1 is 1.11 bits per heavy atom. The lowest BCUT2D eigenvalue weighted by Gasteiger charge is -2.20. The van der Waals surface area contributed by atoms with Crippen LogP contribution >= 0.6 is 0 Å². The van der Waals surface area contributed by atoms with Crippen molar-refractivity contribution in [2.75, 3.05) is 31.6 Å². The predicted molar refractivity (Wildman–Crippen MR) is 69.7 cm³/mol. The van der Waals surface area contributed by atoms with E-state index >= 15 is 0 Å². The van der Waals surface area contributed by atoms with Gasteiger partial charge in [-0.3, -0.25) is 4.79 Å². The summed E-state index contributed by atoms with van der Waals surface area (Å²) >= 11 is 0. The third-order valence-corrected chi connectivity index (χ3v) is 2.43. The van der Waals surface area contributed by atoms with Gasteiger partial charge in [0.05, 0.1) is 13.2 Å². The highest BCUT2D eigenvalue weighted by atomic mass is 16.3. The van der Waals surface area contributed by atoms with Crippen molar-refractivity contribution >= 4 is 17.6 Å². The highest BCUT2D eigenvalue weighted by molar-refractivity contribution is 5.95. The van der Waals surface area contributed by atoms with Gasteiger partial charge in [-0.1, -0.05) is 0 Å². The molecule has 5 N–H and O–H groups in total. The average molecular weight is 267 g/mol. The van der Waals surface area contributed by atoms with Crippen LogP contribution < -0.4 is 11.1 Å². The summed E-state index contributed by atoms with van der Waals surface area (Å²) in [4.78, 5) is 24.0. The van der Waals surface area contributed by atoms with Gasteiger partial charge < -0.3 is 26.2 Å². The second-order valence-corrected chi connectivity index (χ2v) is 3.81. The Labute approximate surface area is 110 Å². The number of aliphatic hydroxyl groups excluding tert-OH is 2. The molecule has 3 amide bonds. The van der Waals surface area contributed by atoms with Gasteiger partial charge in [0.2, 0.25) is 0 Å². The van der Waals surface area contributed by atoms with Gasteiger partial charge in [-0.05, 0) is 24.3 Å². The molecule has 0 fully saturated rings. The van der Waals surface area contributed by atoms with Crippen LogP contribution in [0.25, 0.3) is 0 Å². The number of benzene rings is 1. The van der Waals surface area contributed by atoms with Crippen LogP contribution in [0.2, 0.25) is 0 Å². The van der Waals surface area contributed by atoms with E-state index in [2.05, 4.69) is 5.32 Å². The molecule has 0 unspecified atom stereocenters. The van der Waals surface area contributed by atoms with E-state index in [4.69, 9.17) is 15.9 Å². The van der Waals surface area contributed by atoms with Crippen LogP contribution in [0.4, 0.5) is 10.5 Å². The van der Waals surface area contributed by atoms with Crippen LogP contribution in [0.15, 0.2) is 24.3 Å². The second kappa shape index (κ2) is 7.34. The van der Waals surface area contributed by atoms with Crippen LogP contribution in [0, 0.1) is 0 Å². The van der Waals surface area contributed by atoms with Gasteiger partial charge in [0.15, 0.2) is 0 Å². The first-order valence-corrected chi connectivity index (χ1v) is 5.76. The Kier molecular flexibility index (Phi) is 5.77. The number of carbonyl (C=O) groups is 2. The molecule has 0 heterocycles. The maximum Gasteiger partial charge on any atom is 0.316 e. The van der Waals surface area contributed by atoms with E-state index in [-0.39, 0.29) is 32.2 Å². The van der Waals surface area contributed by atoms with Crippen LogP contribution in [0.1, 0.15) is 10.4 Å². The summed E-state index contributed by atoms with van der Waals surface area (Å²) in [6.45, 7) is -0.0402. The molecule has 0 aliphatic carbocycles. The van der Waals surface area contributed by atoms with Crippen molar-refractivity contribution < 1.29 is 19.8 Å². The number of carbonyl (C=O) groups excluding carboxylic acids is 2. The molecule has 1 aromatic rings. The molecule has 1 aromatic carbocycles. The number of primary amides is 1. The quantitative estimate of drug-likeness (QED) is 0.561. The largest absolute Gasteiger partial charge is 0.395 e. The maximum absolute atomic E-state index is 12.0. The number of rotatable bonds is 6. The van der Waals surface area contributed by atoms with Crippen LogP contribution in [0.3, 0.4) is 0 Å². The minimum absolute atomic E-state index is 0.153. The van der Waals surface area contributed by atoms with Crippen molar-refractivity contribution in [3.63, 3.8) is 0 Å². The zero-order chi connectivity index (χ0) is 14.3. The molecule has 0 aromatic heterocycles. The fourth-order valence-electron chi connectivity index (χ4n) is 1.58. The third kappa shape index (κ3) is 4.57. The fourth-order valence-corrected chi connectivity index (χ4v) is 1.58. The zero-order valence-electron chi connectivity index (χ0n) is 10.4. The van der Waals surface area contributed by atoms with Gasteiger partial charge in [-0.2, -0.15) is 0 Å². The molecule has 0 saturated heterocycles. The number of nitrogens with one attached hydrogen (secondary N) is 1. The summed E-state index contributed by atoms with van der Waals surface area (Å²) in [5.41, 5.74) is 5.85. The van der Waals surface area contributed by atoms with Gasteiger partial charge >= 0.3 is 6.03 Å². The Morgan fingerprint density at radius 2 is 1.63 bits per heavy atom. The van der Waals surface area contributed by atoms with E-state index in [9.17, 15) is 9.59 Å². The minimum Gasteiger partial charge on any atom is -0.395 e. The summed E-state index contributed by atoms with van der Waals surface area (Å²) in [6.07, 6.45) is 0. The van der Waals surface area contributed by atoms with Gasteiger partial charge in [-0.15, -0.1) is 0 Å². The van der Waals surface area contributed by atoms with Crippen molar-refractivity contribution in [3.8, 4) is 0 Å². The fraction of sp³-hybridized carbons (Fsp3) is 0.333. The van der Waals surface area contributed by atoms with E-state index in [1.807, 2.05) is 0 Å². The first kappa shape index (κ1) is 14.9. The molecule has 1 rings (SSSR count). The van der Waals surface area contributed by atoms with Crippen molar-refractivity contribution in [3.05, 3.63) is 29.8 Å². The molecule has 0 aliphatic heterocycles. The number of urea groups is 1. The summed E-state index contributed by atoms with van der Waals surface area (Å²) in [5, 5.41) is 20.1. The Balaban J connectivity index is 2.77. The van der Waals surface area contributed by atoms with Crippen molar-refractivity contribution in [1.82, 2.24) is 4.90 Å². The Bertz CT molecular complexity index is 427. The molecule has 19 heavy (non-hydrogen) atoms. The number of anilines is 1. The molecule has 0 saturated carbocycles. The highest BCUT2D eigenvalue weighted by Crippen LogP contribution is 2.11. The molecule has 0 atom stereocenters. The van der Waals surface area contributed by atoms with Gasteiger partial charge in [0.1, 0.15) is 0 Å². The first-order chi connectivity index (χ1) is 9.08. The van der Waals surface area contributed by atoms with Crippen LogP contribution in [0.5, 0.6) is 0 Å². The molecule has 7 heteroatoms. The monoisotopic (exact) mass is 267 g/mol. The molecule has 0 bridgehead atoms. The Morgan fingerprint density at radius 3 is 2.05 bits per heavy atom. The maximum atomic E-state index is 12.0. The summed E-state index contributed by atoms with van der Waals surface area (Å²) in [6, 6.07) is 5.49. The summed E-state index contributed by atoms with van der Waals surface area (Å²) in [7, 11) is 0. The molecule has 0 radical (unpaired) electrons. The topological polar surface area (TPSA) is 116 Å². The van der Waals surface area contributed by atoms with Gasteiger partial charge in [0.25, 0.3) is 5.91 Å². The van der Waals surface area contributed by atoms with Crippen LogP contribution in [-0.2, 0) is 0 Å². The number of nitrogens with two attached hydrogens (primary N) is 1. The number of amides is 3. The number of aliphatic hydroxyl groups is 2. The molecule has 7 nitrogen and oxygen atoms in total. The van der Waals surface area contributed by atoms with Gasteiger partial charge in [0, 0.05) is 24.3 Å². The number of hydrogen-bond donors (Lipinski definition) is 4. The second-order valence-electron chi connectivity index (χ2n) is 3.81. The molecule has 104 valence electrons. The van der Waals surface area contributed by atoms with E-state index in [1.165, 1.54) is 17.0 Å². The van der Waals surface area contributed by atoms with Crippen molar-refractivity contribution in [2.24, 2.45) is 5.73 Å². The number of nitrogens with zero attached hydrogens (tertiary/aromatic N) is 1. The van der Waals surface area contributed by atoms with E-state index in [1.54, 1.807) is 12.1 Å². The smallest absolute Gasteiger partial charge is 0.316 e. The average Bonchev–Trinajstić information content (AvgIpc) is 2.38. The van der Waals surface area contributed by atoms with Gasteiger partial charge in [-0.25, -0.2) is 4.79 Å². The molecular formula is C12H17N3O4. The SMILES string of the molecule is NC(=O)Nc1ccc(C(=O)N(CCO)CCO)cc1. The Hall–Kier alpha value is -2.12. The van der Waals surface area contributed by atoms with Crippen molar-refractivity contribution in [1.29, 1.82) is 0 Å². The molecule has 0 aliphatic rings. The number of hydrogen-bond acceptors (Lipinski definition) is 4. The normalized spacial score (nSPS) is 10.0. The highest BCUT2D eigenvalue weighted by Gasteiger charge is 2.14. The third-order valence-electron chi connectivity index (χ3n) is 2.43. The van der Waals surface area contributed by atoms with E-state index < -0.39 is 6.03 Å². The standard InChI is InChI=1S/C12H17N3O4/c13-12(19)14-10-3-1-9(2-4-10)11(18)15(5-7-16)6-8-17/h1-4,16-17H,5-8H2,(H3,13,14,19). The van der Waals surface area contributed by atoms with Crippen LogP contribution in [-0.4, -0.2) is 53.4 Å². The lowest BCUT2D eigenvalue weighted by atomic mass is 10.2. The van der Waals surface area contributed by atoms with Crippen molar-refractivity contribution in [2.45, 2.75) is 0 Å². The molecular weight excluding hydrogens is 250 g/mol. The minimum atomic E-state index is -0.679.